The maximum atomic E-state index is 12.5. The number of ether oxygens (including phenoxy) is 1. The molecule has 0 aromatic rings. The van der Waals surface area contributed by atoms with Gasteiger partial charge in [-0.2, -0.15) is 0 Å². The molecule has 0 aromatic carbocycles. The van der Waals surface area contributed by atoms with E-state index in [1.165, 1.54) is 38.5 Å². The first-order chi connectivity index (χ1) is 13.4. The van der Waals surface area contributed by atoms with Crippen molar-refractivity contribution in [3.8, 4) is 0 Å². The van der Waals surface area contributed by atoms with E-state index in [2.05, 4.69) is 34.6 Å². The van der Waals surface area contributed by atoms with Gasteiger partial charge < -0.3 is 4.74 Å². The molecule has 3 heteroatoms. The molecule has 0 N–H and O–H groups in total. The van der Waals surface area contributed by atoms with Crippen molar-refractivity contribution in [1.82, 2.24) is 0 Å². The lowest BCUT2D eigenvalue weighted by molar-refractivity contribution is -0.208. The molecule has 0 heterocycles. The third-order valence-electron chi connectivity index (χ3n) is 11.2. The third kappa shape index (κ3) is 2.74. The van der Waals surface area contributed by atoms with Crippen LogP contribution < -0.4 is 0 Å². The Morgan fingerprint density at radius 3 is 2.03 bits per heavy atom. The van der Waals surface area contributed by atoms with Gasteiger partial charge >= 0.3 is 5.97 Å². The first-order valence-electron chi connectivity index (χ1n) is 12.1. The Morgan fingerprint density at radius 2 is 1.41 bits per heavy atom. The second-order valence-corrected chi connectivity index (χ2v) is 12.4. The summed E-state index contributed by atoms with van der Waals surface area (Å²) in [6.07, 6.45) is 9.49. The number of carbonyl (C=O) groups excluding carboxylic acids is 2. The van der Waals surface area contributed by atoms with Crippen LogP contribution in [0.2, 0.25) is 0 Å². The van der Waals surface area contributed by atoms with Gasteiger partial charge in [0.1, 0.15) is 11.9 Å². The molecule has 4 rings (SSSR count). The van der Waals surface area contributed by atoms with Crippen molar-refractivity contribution < 1.29 is 14.3 Å². The molecule has 0 saturated heterocycles. The van der Waals surface area contributed by atoms with Crippen LogP contribution in [0.5, 0.6) is 0 Å². The highest BCUT2D eigenvalue weighted by molar-refractivity contribution is 5.79. The first kappa shape index (κ1) is 21.4. The van der Waals surface area contributed by atoms with Gasteiger partial charge in [-0.05, 0) is 92.3 Å². The quantitative estimate of drug-likeness (QED) is 0.517. The SMILES string of the molecule is CC(=O)O[C@H]1CC[C@]2(C)[C@H]3CC[C@]4(C)[C@@H](C(C)=O)CC[C@@]4(C)[C@@H]3CC[C@H]2C1(C)C. The number of rotatable bonds is 2. The number of esters is 1. The molecule has 0 aliphatic heterocycles. The van der Waals surface area contributed by atoms with Crippen molar-refractivity contribution in [3.63, 3.8) is 0 Å². The molecule has 164 valence electrons. The average Bonchev–Trinajstić information content (AvgIpc) is 2.89. The minimum Gasteiger partial charge on any atom is -0.462 e. The molecule has 4 saturated carbocycles. The number of carbonyl (C=O) groups is 2. The molecule has 0 spiro atoms. The number of hydrogen-bond donors (Lipinski definition) is 0. The van der Waals surface area contributed by atoms with Crippen molar-refractivity contribution in [2.24, 2.45) is 45.3 Å². The fourth-order valence-corrected chi connectivity index (χ4v) is 9.54. The highest BCUT2D eigenvalue weighted by Crippen LogP contribution is 2.74. The van der Waals surface area contributed by atoms with Crippen LogP contribution in [0.15, 0.2) is 0 Å². The van der Waals surface area contributed by atoms with E-state index in [1.807, 2.05) is 6.92 Å². The topological polar surface area (TPSA) is 43.4 Å². The van der Waals surface area contributed by atoms with Gasteiger partial charge in [-0.15, -0.1) is 0 Å². The lowest BCUT2D eigenvalue weighted by atomic mass is 9.38. The summed E-state index contributed by atoms with van der Waals surface area (Å²) in [5, 5.41) is 0. The van der Waals surface area contributed by atoms with Crippen LogP contribution >= 0.6 is 0 Å². The molecule has 3 nitrogen and oxygen atoms in total. The Morgan fingerprint density at radius 1 is 0.759 bits per heavy atom. The molecule has 4 aliphatic carbocycles. The number of fused-ring (bicyclic) bond motifs is 5. The van der Waals surface area contributed by atoms with Crippen LogP contribution in [-0.4, -0.2) is 17.9 Å². The van der Waals surface area contributed by atoms with E-state index in [4.69, 9.17) is 4.74 Å². The van der Waals surface area contributed by atoms with E-state index < -0.39 is 0 Å². The number of Topliss-reactive ketones (excluding diaryl/α,β-unsaturated/α-hetero) is 1. The van der Waals surface area contributed by atoms with E-state index in [-0.39, 0.29) is 34.2 Å². The zero-order valence-electron chi connectivity index (χ0n) is 19.8. The molecular formula is C26H42O3. The summed E-state index contributed by atoms with van der Waals surface area (Å²) in [5.41, 5.74) is 0.815. The normalized spacial score (nSPS) is 50.8. The van der Waals surface area contributed by atoms with Crippen molar-refractivity contribution >= 4 is 11.8 Å². The fraction of sp³-hybridized carbons (Fsp3) is 0.923. The second-order valence-electron chi connectivity index (χ2n) is 12.4. The van der Waals surface area contributed by atoms with Crippen molar-refractivity contribution in [1.29, 1.82) is 0 Å². The van der Waals surface area contributed by atoms with Gasteiger partial charge in [0.15, 0.2) is 0 Å². The van der Waals surface area contributed by atoms with Crippen LogP contribution in [0.4, 0.5) is 0 Å². The van der Waals surface area contributed by atoms with E-state index in [0.717, 1.165) is 24.7 Å². The molecule has 29 heavy (non-hydrogen) atoms. The minimum absolute atomic E-state index is 0.0306. The van der Waals surface area contributed by atoms with E-state index >= 15 is 0 Å². The predicted molar refractivity (Wildman–Crippen MR) is 115 cm³/mol. The van der Waals surface area contributed by atoms with Crippen LogP contribution in [0.25, 0.3) is 0 Å². The van der Waals surface area contributed by atoms with Gasteiger partial charge in [0.2, 0.25) is 0 Å². The van der Waals surface area contributed by atoms with E-state index in [9.17, 15) is 9.59 Å². The van der Waals surface area contributed by atoms with Gasteiger partial charge in [0.25, 0.3) is 0 Å². The smallest absolute Gasteiger partial charge is 0.302 e. The van der Waals surface area contributed by atoms with E-state index in [1.54, 1.807) is 6.92 Å². The van der Waals surface area contributed by atoms with Crippen LogP contribution in [-0.2, 0) is 14.3 Å². The van der Waals surface area contributed by atoms with Crippen LogP contribution in [0.1, 0.15) is 99.8 Å². The molecule has 0 radical (unpaired) electrons. The Labute approximate surface area is 177 Å². The molecule has 4 fully saturated rings. The highest BCUT2D eigenvalue weighted by Gasteiger charge is 2.67. The highest BCUT2D eigenvalue weighted by atomic mass is 16.5. The van der Waals surface area contributed by atoms with E-state index in [0.29, 0.717) is 17.1 Å². The fourth-order valence-electron chi connectivity index (χ4n) is 9.54. The lowest BCUT2D eigenvalue weighted by Gasteiger charge is -2.67. The Balaban J connectivity index is 1.66. The second kappa shape index (κ2) is 6.57. The van der Waals surface area contributed by atoms with Gasteiger partial charge in [-0.25, -0.2) is 0 Å². The summed E-state index contributed by atoms with van der Waals surface area (Å²) in [7, 11) is 0. The maximum absolute atomic E-state index is 12.5. The summed E-state index contributed by atoms with van der Waals surface area (Å²) in [6.45, 7) is 15.6. The summed E-state index contributed by atoms with van der Waals surface area (Å²) >= 11 is 0. The number of ketones is 1. The zero-order chi connectivity index (χ0) is 21.4. The van der Waals surface area contributed by atoms with Crippen LogP contribution in [0.3, 0.4) is 0 Å². The molecular weight excluding hydrogens is 360 g/mol. The molecule has 0 amide bonds. The molecule has 0 aromatic heterocycles. The molecule has 0 unspecified atom stereocenters. The van der Waals surface area contributed by atoms with Gasteiger partial charge in [-0.3, -0.25) is 9.59 Å². The standard InChI is InChI=1S/C26H42O3/c1-16(27)18-10-14-26(7)20-8-9-21-23(3,4)22(29-17(2)28)12-13-24(21,5)19(20)11-15-25(18,26)6/h18-22H,8-15H2,1-7H3/t18-,19+,20-,21+,22+,24-,25-,26+/m1/s1. The van der Waals surface area contributed by atoms with Gasteiger partial charge in [0, 0.05) is 18.3 Å². The molecule has 4 aliphatic rings. The van der Waals surface area contributed by atoms with Crippen LogP contribution in [0, 0.1) is 45.3 Å². The Bertz CT molecular complexity index is 711. The van der Waals surface area contributed by atoms with Gasteiger partial charge in [-0.1, -0.05) is 34.6 Å². The summed E-state index contributed by atoms with van der Waals surface area (Å²) in [6, 6.07) is 0. The minimum atomic E-state index is -0.137. The summed E-state index contributed by atoms with van der Waals surface area (Å²) in [4.78, 5) is 24.2. The summed E-state index contributed by atoms with van der Waals surface area (Å²) < 4.78 is 5.81. The molecule has 8 atom stereocenters. The van der Waals surface area contributed by atoms with Crippen molar-refractivity contribution in [2.75, 3.05) is 0 Å². The maximum Gasteiger partial charge on any atom is 0.302 e. The average molecular weight is 403 g/mol. The summed E-state index contributed by atoms with van der Waals surface area (Å²) in [5.74, 6) is 2.61. The molecule has 0 bridgehead atoms. The van der Waals surface area contributed by atoms with Crippen molar-refractivity contribution in [3.05, 3.63) is 0 Å². The first-order valence-corrected chi connectivity index (χ1v) is 12.1. The lowest BCUT2D eigenvalue weighted by Crippen LogP contribution is -2.62. The number of hydrogen-bond acceptors (Lipinski definition) is 3. The third-order valence-corrected chi connectivity index (χ3v) is 11.2. The van der Waals surface area contributed by atoms with Gasteiger partial charge in [0.05, 0.1) is 0 Å². The Hall–Kier alpha value is -0.860. The largest absolute Gasteiger partial charge is 0.462 e. The monoisotopic (exact) mass is 402 g/mol. The van der Waals surface area contributed by atoms with Crippen molar-refractivity contribution in [2.45, 2.75) is 106 Å². The zero-order valence-corrected chi connectivity index (χ0v) is 19.8. The predicted octanol–water partition coefficient (Wildman–Crippen LogP) is 6.19. The Kier molecular flexibility index (Phi) is 4.84.